The molecule has 1 rings (SSSR count). The molecule has 0 radical (unpaired) electrons. The SMILES string of the molecule is COC(=O)C(C)c1c(F)cc(CBr)c(C)c1C. The van der Waals surface area contributed by atoms with Crippen LogP contribution in [0.3, 0.4) is 0 Å². The maximum absolute atomic E-state index is 14.0. The summed E-state index contributed by atoms with van der Waals surface area (Å²) in [5, 5.41) is 0.601. The molecule has 0 aromatic heterocycles. The molecule has 1 atom stereocenters. The molecule has 0 saturated heterocycles. The molecule has 0 bridgehead atoms. The highest BCUT2D eigenvalue weighted by Crippen LogP contribution is 2.29. The topological polar surface area (TPSA) is 26.3 Å². The number of rotatable bonds is 3. The first-order chi connectivity index (χ1) is 7.93. The van der Waals surface area contributed by atoms with Crippen LogP contribution in [-0.4, -0.2) is 13.1 Å². The lowest BCUT2D eigenvalue weighted by atomic mass is 9.90. The fourth-order valence-corrected chi connectivity index (χ4v) is 2.51. The second kappa shape index (κ2) is 5.63. The van der Waals surface area contributed by atoms with Gasteiger partial charge in [0.15, 0.2) is 0 Å². The van der Waals surface area contributed by atoms with Gasteiger partial charge in [-0.05, 0) is 43.5 Å². The van der Waals surface area contributed by atoms with Gasteiger partial charge in [-0.2, -0.15) is 0 Å². The second-order valence-corrected chi connectivity index (χ2v) is 4.62. The summed E-state index contributed by atoms with van der Waals surface area (Å²) in [5.41, 5.74) is 3.16. The number of methoxy groups -OCH3 is 1. The highest BCUT2D eigenvalue weighted by molar-refractivity contribution is 9.08. The standard InChI is InChI=1S/C13H16BrFO2/c1-7-8(2)12(9(3)13(16)17-4)11(15)5-10(7)6-14/h5,9H,6H2,1-4H3. The van der Waals surface area contributed by atoms with E-state index in [4.69, 9.17) is 0 Å². The van der Waals surface area contributed by atoms with E-state index in [9.17, 15) is 9.18 Å². The summed E-state index contributed by atoms with van der Waals surface area (Å²) < 4.78 is 18.7. The lowest BCUT2D eigenvalue weighted by molar-refractivity contribution is -0.142. The third-order valence-electron chi connectivity index (χ3n) is 3.14. The zero-order valence-electron chi connectivity index (χ0n) is 10.4. The Morgan fingerprint density at radius 1 is 1.47 bits per heavy atom. The van der Waals surface area contributed by atoms with Gasteiger partial charge in [-0.15, -0.1) is 0 Å². The normalized spacial score (nSPS) is 12.4. The predicted molar refractivity (Wildman–Crippen MR) is 68.9 cm³/mol. The molecule has 94 valence electrons. The fraction of sp³-hybridized carbons (Fsp3) is 0.462. The van der Waals surface area contributed by atoms with Crippen molar-refractivity contribution in [2.24, 2.45) is 0 Å². The molecule has 0 aliphatic carbocycles. The molecule has 0 amide bonds. The van der Waals surface area contributed by atoms with Crippen molar-refractivity contribution >= 4 is 21.9 Å². The van der Waals surface area contributed by atoms with E-state index < -0.39 is 11.9 Å². The number of hydrogen-bond donors (Lipinski definition) is 0. The molecule has 0 saturated carbocycles. The van der Waals surface area contributed by atoms with E-state index in [1.807, 2.05) is 13.8 Å². The van der Waals surface area contributed by atoms with Crippen LogP contribution in [-0.2, 0) is 14.9 Å². The Morgan fingerprint density at radius 3 is 2.53 bits per heavy atom. The van der Waals surface area contributed by atoms with Crippen molar-refractivity contribution < 1.29 is 13.9 Å². The first-order valence-electron chi connectivity index (χ1n) is 5.36. The first kappa shape index (κ1) is 14.2. The van der Waals surface area contributed by atoms with Gasteiger partial charge >= 0.3 is 5.97 Å². The molecule has 0 N–H and O–H groups in total. The molecule has 1 aromatic rings. The number of hydrogen-bond acceptors (Lipinski definition) is 2. The smallest absolute Gasteiger partial charge is 0.312 e. The van der Waals surface area contributed by atoms with E-state index >= 15 is 0 Å². The summed E-state index contributed by atoms with van der Waals surface area (Å²) in [7, 11) is 1.31. The Balaban J connectivity index is 3.35. The summed E-state index contributed by atoms with van der Waals surface area (Å²) in [6.07, 6.45) is 0. The van der Waals surface area contributed by atoms with E-state index in [1.54, 1.807) is 6.92 Å². The van der Waals surface area contributed by atoms with E-state index in [1.165, 1.54) is 13.2 Å². The lowest BCUT2D eigenvalue weighted by Crippen LogP contribution is -2.15. The number of carbonyl (C=O) groups excluding carboxylic acids is 1. The van der Waals surface area contributed by atoms with Gasteiger partial charge in [0.2, 0.25) is 0 Å². The second-order valence-electron chi connectivity index (χ2n) is 4.06. The van der Waals surface area contributed by atoms with Crippen LogP contribution in [0.2, 0.25) is 0 Å². The number of carbonyl (C=O) groups is 1. The van der Waals surface area contributed by atoms with Crippen LogP contribution in [0, 0.1) is 19.7 Å². The van der Waals surface area contributed by atoms with Crippen LogP contribution in [0.1, 0.15) is 35.1 Å². The number of alkyl halides is 1. The zero-order chi connectivity index (χ0) is 13.2. The lowest BCUT2D eigenvalue weighted by Gasteiger charge is -2.17. The summed E-state index contributed by atoms with van der Waals surface area (Å²) in [6, 6.07) is 1.48. The first-order valence-corrected chi connectivity index (χ1v) is 6.48. The average Bonchev–Trinajstić information content (AvgIpc) is 2.32. The minimum atomic E-state index is -0.580. The van der Waals surface area contributed by atoms with Crippen molar-refractivity contribution in [2.75, 3.05) is 7.11 Å². The van der Waals surface area contributed by atoms with Crippen LogP contribution in [0.4, 0.5) is 4.39 Å². The van der Waals surface area contributed by atoms with Crippen molar-refractivity contribution in [3.8, 4) is 0 Å². The quantitative estimate of drug-likeness (QED) is 0.630. The predicted octanol–water partition coefficient (Wildman–Crippen LogP) is 3.61. The largest absolute Gasteiger partial charge is 0.469 e. The Hall–Kier alpha value is -0.900. The van der Waals surface area contributed by atoms with Gasteiger partial charge in [0.1, 0.15) is 5.82 Å². The van der Waals surface area contributed by atoms with E-state index in [2.05, 4.69) is 20.7 Å². The van der Waals surface area contributed by atoms with Gasteiger partial charge in [-0.3, -0.25) is 4.79 Å². The molecular formula is C13H16BrFO2. The van der Waals surface area contributed by atoms with E-state index in [-0.39, 0.29) is 5.82 Å². The fourth-order valence-electron chi connectivity index (χ4n) is 1.93. The molecule has 17 heavy (non-hydrogen) atoms. The molecule has 0 fully saturated rings. The number of halogens is 2. The maximum atomic E-state index is 14.0. The summed E-state index contributed by atoms with van der Waals surface area (Å²) >= 11 is 3.32. The maximum Gasteiger partial charge on any atom is 0.312 e. The molecular weight excluding hydrogens is 287 g/mol. The van der Waals surface area contributed by atoms with E-state index in [0.29, 0.717) is 10.9 Å². The Kier molecular flexibility index (Phi) is 4.69. The summed E-state index contributed by atoms with van der Waals surface area (Å²) in [6.45, 7) is 5.42. The van der Waals surface area contributed by atoms with Gasteiger partial charge in [0.05, 0.1) is 13.0 Å². The zero-order valence-corrected chi connectivity index (χ0v) is 12.0. The van der Waals surface area contributed by atoms with Crippen molar-refractivity contribution in [1.82, 2.24) is 0 Å². The molecule has 0 aliphatic heterocycles. The van der Waals surface area contributed by atoms with Gasteiger partial charge < -0.3 is 4.74 Å². The molecule has 4 heteroatoms. The molecule has 2 nitrogen and oxygen atoms in total. The molecule has 1 unspecified atom stereocenters. The third kappa shape index (κ3) is 2.68. The summed E-state index contributed by atoms with van der Waals surface area (Å²) in [5.74, 6) is -1.35. The Labute approximate surface area is 109 Å². The van der Waals surface area contributed by atoms with Crippen molar-refractivity contribution in [2.45, 2.75) is 32.0 Å². The third-order valence-corrected chi connectivity index (χ3v) is 3.74. The highest BCUT2D eigenvalue weighted by atomic mass is 79.9. The minimum Gasteiger partial charge on any atom is -0.469 e. The van der Waals surface area contributed by atoms with Crippen LogP contribution >= 0.6 is 15.9 Å². The van der Waals surface area contributed by atoms with E-state index in [0.717, 1.165) is 16.7 Å². The van der Waals surface area contributed by atoms with Crippen LogP contribution in [0.25, 0.3) is 0 Å². The highest BCUT2D eigenvalue weighted by Gasteiger charge is 2.23. The average molecular weight is 303 g/mol. The molecule has 0 spiro atoms. The van der Waals surface area contributed by atoms with Crippen molar-refractivity contribution in [3.63, 3.8) is 0 Å². The van der Waals surface area contributed by atoms with Crippen LogP contribution in [0.5, 0.6) is 0 Å². The van der Waals surface area contributed by atoms with Crippen molar-refractivity contribution in [1.29, 1.82) is 0 Å². The molecule has 0 heterocycles. The Morgan fingerprint density at radius 2 is 2.06 bits per heavy atom. The molecule has 0 aliphatic rings. The number of esters is 1. The van der Waals surface area contributed by atoms with Gasteiger partial charge in [-0.25, -0.2) is 4.39 Å². The van der Waals surface area contributed by atoms with Gasteiger partial charge in [0.25, 0.3) is 0 Å². The van der Waals surface area contributed by atoms with Gasteiger partial charge in [-0.1, -0.05) is 15.9 Å². The number of ether oxygens (including phenoxy) is 1. The molecule has 1 aromatic carbocycles. The van der Waals surface area contributed by atoms with Crippen molar-refractivity contribution in [3.05, 3.63) is 34.1 Å². The number of benzene rings is 1. The van der Waals surface area contributed by atoms with Crippen LogP contribution in [0.15, 0.2) is 6.07 Å². The minimum absolute atomic E-state index is 0.347. The summed E-state index contributed by atoms with van der Waals surface area (Å²) in [4.78, 5) is 11.5. The Bertz CT molecular complexity index is 444. The monoisotopic (exact) mass is 302 g/mol. The van der Waals surface area contributed by atoms with Crippen LogP contribution < -0.4 is 0 Å². The van der Waals surface area contributed by atoms with Gasteiger partial charge in [0, 0.05) is 10.9 Å².